The highest BCUT2D eigenvalue weighted by Gasteiger charge is 2.42. The number of anilines is 1. The Morgan fingerprint density at radius 1 is 1.45 bits per heavy atom. The third-order valence-corrected chi connectivity index (χ3v) is 4.30. The van der Waals surface area contributed by atoms with E-state index in [-0.39, 0.29) is 11.3 Å². The average Bonchev–Trinajstić information content (AvgIpc) is 2.44. The Labute approximate surface area is 117 Å². The lowest BCUT2D eigenvalue weighted by atomic mass is 9.72. The minimum atomic E-state index is -1.06. The summed E-state index contributed by atoms with van der Waals surface area (Å²) in [5, 5.41) is 12.0. The number of carboxylic acids is 1. The predicted octanol–water partition coefficient (Wildman–Crippen LogP) is 1.94. The Hall–Kier alpha value is -1.69. The molecule has 1 unspecified atom stereocenters. The summed E-state index contributed by atoms with van der Waals surface area (Å²) >= 11 is 0. The van der Waals surface area contributed by atoms with E-state index in [1.54, 1.807) is 0 Å². The fourth-order valence-electron chi connectivity index (χ4n) is 3.00. The van der Waals surface area contributed by atoms with E-state index in [1.807, 2.05) is 0 Å². The molecule has 2 aliphatic rings. The first-order valence-corrected chi connectivity index (χ1v) is 7.10. The molecule has 1 aliphatic carbocycles. The normalized spacial score (nSPS) is 24.1. The molecule has 0 bridgehead atoms. The molecule has 0 amide bonds. The first-order valence-electron chi connectivity index (χ1n) is 7.10. The van der Waals surface area contributed by atoms with Crippen molar-refractivity contribution in [2.45, 2.75) is 37.7 Å². The zero-order valence-electron chi connectivity index (χ0n) is 11.3. The molecule has 1 aromatic rings. The molecule has 0 aromatic carbocycles. The van der Waals surface area contributed by atoms with Gasteiger partial charge in [-0.15, -0.1) is 0 Å². The third-order valence-electron chi connectivity index (χ3n) is 4.30. The predicted molar refractivity (Wildman–Crippen MR) is 72.7 cm³/mol. The molecule has 1 atom stereocenters. The number of carboxylic acid groups (broad SMARTS) is 1. The van der Waals surface area contributed by atoms with Gasteiger partial charge in [0.1, 0.15) is 5.82 Å². The van der Waals surface area contributed by atoms with Crippen molar-refractivity contribution in [1.29, 1.82) is 0 Å². The van der Waals surface area contributed by atoms with Gasteiger partial charge in [-0.1, -0.05) is 0 Å². The lowest BCUT2D eigenvalue weighted by Crippen LogP contribution is -2.46. The summed E-state index contributed by atoms with van der Waals surface area (Å²) in [4.78, 5) is 18.6. The summed E-state index contributed by atoms with van der Waals surface area (Å²) < 4.78 is 5.90. The minimum absolute atomic E-state index is 0.0324. The molecule has 2 heterocycles. The molecule has 1 saturated heterocycles. The number of aromatic nitrogens is 2. The molecule has 1 aromatic heterocycles. The molecule has 0 radical (unpaired) electrons. The van der Waals surface area contributed by atoms with Gasteiger partial charge in [-0.25, -0.2) is 14.8 Å². The van der Waals surface area contributed by atoms with E-state index in [4.69, 9.17) is 9.84 Å². The summed E-state index contributed by atoms with van der Waals surface area (Å²) in [7, 11) is 0. The van der Waals surface area contributed by atoms with Crippen LogP contribution in [0.4, 0.5) is 5.82 Å². The standard InChI is InChI=1S/C14H19N3O3/c18-13(19)11-8-17-12(9-15-11)16-7-10-2-5-20-14(6-10)3-1-4-14/h8-10H,1-7H2,(H,16,17)(H,18,19). The van der Waals surface area contributed by atoms with Gasteiger partial charge in [-0.3, -0.25) is 0 Å². The summed E-state index contributed by atoms with van der Waals surface area (Å²) in [6.07, 6.45) is 8.59. The van der Waals surface area contributed by atoms with E-state index < -0.39 is 5.97 Å². The summed E-state index contributed by atoms with van der Waals surface area (Å²) in [6, 6.07) is 0. The van der Waals surface area contributed by atoms with E-state index in [0.717, 1.165) is 26.0 Å². The van der Waals surface area contributed by atoms with Crippen LogP contribution in [0.1, 0.15) is 42.6 Å². The number of nitrogens with one attached hydrogen (secondary N) is 1. The second-order valence-electron chi connectivity index (χ2n) is 5.72. The molecule has 2 N–H and O–H groups in total. The van der Waals surface area contributed by atoms with Crippen molar-refractivity contribution < 1.29 is 14.6 Å². The Morgan fingerprint density at radius 3 is 2.90 bits per heavy atom. The summed E-state index contributed by atoms with van der Waals surface area (Å²) in [5.74, 6) is 0.162. The average molecular weight is 277 g/mol. The molecule has 2 fully saturated rings. The molecule has 108 valence electrons. The zero-order valence-corrected chi connectivity index (χ0v) is 11.3. The number of hydrogen-bond donors (Lipinski definition) is 2. The highest BCUT2D eigenvalue weighted by atomic mass is 16.5. The van der Waals surface area contributed by atoms with Crippen molar-refractivity contribution in [1.82, 2.24) is 9.97 Å². The molecule has 1 aliphatic heterocycles. The van der Waals surface area contributed by atoms with Crippen molar-refractivity contribution in [3.63, 3.8) is 0 Å². The molecule has 1 spiro atoms. The van der Waals surface area contributed by atoms with E-state index in [9.17, 15) is 4.79 Å². The van der Waals surface area contributed by atoms with Crippen molar-refractivity contribution >= 4 is 11.8 Å². The highest BCUT2D eigenvalue weighted by Crippen LogP contribution is 2.44. The van der Waals surface area contributed by atoms with Crippen LogP contribution in [-0.2, 0) is 4.74 Å². The highest BCUT2D eigenvalue weighted by molar-refractivity contribution is 5.84. The van der Waals surface area contributed by atoms with E-state index in [0.29, 0.717) is 11.7 Å². The molecular formula is C14H19N3O3. The quantitative estimate of drug-likeness (QED) is 0.875. The Bertz CT molecular complexity index is 485. The second-order valence-corrected chi connectivity index (χ2v) is 5.72. The second kappa shape index (κ2) is 5.36. The lowest BCUT2D eigenvalue weighted by molar-refractivity contribution is -0.141. The summed E-state index contributed by atoms with van der Waals surface area (Å²) in [6.45, 7) is 1.68. The zero-order chi connectivity index (χ0) is 14.0. The maximum atomic E-state index is 10.7. The largest absolute Gasteiger partial charge is 0.476 e. The smallest absolute Gasteiger partial charge is 0.356 e. The Morgan fingerprint density at radius 2 is 2.30 bits per heavy atom. The monoisotopic (exact) mass is 277 g/mol. The molecule has 1 saturated carbocycles. The van der Waals surface area contributed by atoms with Crippen molar-refractivity contribution in [3.05, 3.63) is 18.1 Å². The van der Waals surface area contributed by atoms with E-state index in [1.165, 1.54) is 31.7 Å². The number of hydrogen-bond acceptors (Lipinski definition) is 5. The van der Waals surface area contributed by atoms with Crippen LogP contribution >= 0.6 is 0 Å². The Balaban J connectivity index is 1.52. The van der Waals surface area contributed by atoms with Crippen LogP contribution in [0.5, 0.6) is 0 Å². The van der Waals surface area contributed by atoms with Crippen LogP contribution in [0, 0.1) is 5.92 Å². The fraction of sp³-hybridized carbons (Fsp3) is 0.643. The van der Waals surface area contributed by atoms with Crippen LogP contribution in [0.25, 0.3) is 0 Å². The minimum Gasteiger partial charge on any atom is -0.476 e. The van der Waals surface area contributed by atoms with Crippen LogP contribution in [-0.4, -0.2) is 39.8 Å². The third kappa shape index (κ3) is 2.75. The van der Waals surface area contributed by atoms with Gasteiger partial charge in [0.15, 0.2) is 5.69 Å². The maximum Gasteiger partial charge on any atom is 0.356 e. The number of carbonyl (C=O) groups is 1. The number of rotatable bonds is 4. The van der Waals surface area contributed by atoms with Gasteiger partial charge in [0.2, 0.25) is 0 Å². The first-order chi connectivity index (χ1) is 9.67. The number of aromatic carboxylic acids is 1. The first kappa shape index (κ1) is 13.3. The van der Waals surface area contributed by atoms with Crippen molar-refractivity contribution in [3.8, 4) is 0 Å². The molecule has 20 heavy (non-hydrogen) atoms. The molecule has 6 heteroatoms. The Kier molecular flexibility index (Phi) is 3.56. The van der Waals surface area contributed by atoms with E-state index in [2.05, 4.69) is 15.3 Å². The van der Waals surface area contributed by atoms with E-state index >= 15 is 0 Å². The van der Waals surface area contributed by atoms with Gasteiger partial charge in [-0.2, -0.15) is 0 Å². The lowest BCUT2D eigenvalue weighted by Gasteiger charge is -2.47. The van der Waals surface area contributed by atoms with Crippen molar-refractivity contribution in [2.75, 3.05) is 18.5 Å². The van der Waals surface area contributed by atoms with Crippen LogP contribution in [0.3, 0.4) is 0 Å². The van der Waals surface area contributed by atoms with Crippen LogP contribution < -0.4 is 5.32 Å². The number of ether oxygens (including phenoxy) is 1. The van der Waals surface area contributed by atoms with Gasteiger partial charge >= 0.3 is 5.97 Å². The molecule has 3 rings (SSSR count). The van der Waals surface area contributed by atoms with Gasteiger partial charge in [0, 0.05) is 13.2 Å². The topological polar surface area (TPSA) is 84.3 Å². The van der Waals surface area contributed by atoms with Crippen molar-refractivity contribution in [2.24, 2.45) is 5.92 Å². The fourth-order valence-corrected chi connectivity index (χ4v) is 3.00. The molecule has 6 nitrogen and oxygen atoms in total. The van der Waals surface area contributed by atoms with Gasteiger partial charge in [0.05, 0.1) is 18.0 Å². The summed E-state index contributed by atoms with van der Waals surface area (Å²) in [5.41, 5.74) is 0.124. The van der Waals surface area contributed by atoms with Gasteiger partial charge < -0.3 is 15.2 Å². The van der Waals surface area contributed by atoms with Gasteiger partial charge in [-0.05, 0) is 38.0 Å². The van der Waals surface area contributed by atoms with Crippen LogP contribution in [0.2, 0.25) is 0 Å². The maximum absolute atomic E-state index is 10.7. The SMILES string of the molecule is O=C(O)c1cnc(NCC2CCOC3(CCC3)C2)cn1. The molecular weight excluding hydrogens is 258 g/mol. The number of nitrogens with zero attached hydrogens (tertiary/aromatic N) is 2. The van der Waals surface area contributed by atoms with Gasteiger partial charge in [0.25, 0.3) is 0 Å². The van der Waals surface area contributed by atoms with Crippen LogP contribution in [0.15, 0.2) is 12.4 Å².